The van der Waals surface area contributed by atoms with E-state index in [2.05, 4.69) is 22.2 Å². The number of hydrogen-bond acceptors (Lipinski definition) is 4. The van der Waals surface area contributed by atoms with Crippen LogP contribution in [0.1, 0.15) is 16.1 Å². The number of nitrogens with zero attached hydrogens (tertiary/aromatic N) is 3. The van der Waals surface area contributed by atoms with Gasteiger partial charge in [0.15, 0.2) is 11.3 Å². The van der Waals surface area contributed by atoms with Crippen LogP contribution in [0, 0.1) is 0 Å². The zero-order chi connectivity index (χ0) is 13.9. The van der Waals surface area contributed by atoms with Crippen LogP contribution in [-0.4, -0.2) is 25.7 Å². The van der Waals surface area contributed by atoms with Crippen LogP contribution >= 0.6 is 11.8 Å². The minimum atomic E-state index is -1.05. The molecule has 5 nitrogen and oxygen atoms in total. The standard InChI is InChI=1S/C14H11N3O2S/c18-14(19)11-8-17-12(15-11)6-7-13(16-17)20-9-10-4-2-1-3-5-10/h1-8H,9H2,(H,18,19). The van der Waals surface area contributed by atoms with Crippen LogP contribution in [0.5, 0.6) is 0 Å². The number of imidazole rings is 1. The first kappa shape index (κ1) is 12.7. The van der Waals surface area contributed by atoms with E-state index in [1.807, 2.05) is 24.3 Å². The minimum Gasteiger partial charge on any atom is -0.476 e. The number of rotatable bonds is 4. The fraction of sp³-hybridized carbons (Fsp3) is 0.0714. The van der Waals surface area contributed by atoms with Gasteiger partial charge in [0.1, 0.15) is 5.03 Å². The summed E-state index contributed by atoms with van der Waals surface area (Å²) in [7, 11) is 0. The smallest absolute Gasteiger partial charge is 0.356 e. The lowest BCUT2D eigenvalue weighted by Gasteiger charge is -2.01. The van der Waals surface area contributed by atoms with Gasteiger partial charge in [-0.05, 0) is 17.7 Å². The van der Waals surface area contributed by atoms with Gasteiger partial charge in [0.05, 0.1) is 6.20 Å². The van der Waals surface area contributed by atoms with Gasteiger partial charge < -0.3 is 5.11 Å². The summed E-state index contributed by atoms with van der Waals surface area (Å²) in [6.07, 6.45) is 1.42. The van der Waals surface area contributed by atoms with Crippen molar-refractivity contribution in [2.75, 3.05) is 0 Å². The maximum Gasteiger partial charge on any atom is 0.356 e. The fourth-order valence-corrected chi connectivity index (χ4v) is 2.59. The SMILES string of the molecule is O=C(O)c1cn2nc(SCc3ccccc3)ccc2n1. The molecular formula is C14H11N3O2S. The highest BCUT2D eigenvalue weighted by Crippen LogP contribution is 2.20. The molecule has 0 bridgehead atoms. The molecule has 0 spiro atoms. The third-order valence-corrected chi connectivity index (χ3v) is 3.74. The van der Waals surface area contributed by atoms with E-state index in [9.17, 15) is 4.79 Å². The number of carboxylic acids is 1. The second-order valence-corrected chi connectivity index (χ2v) is 5.18. The highest BCUT2D eigenvalue weighted by atomic mass is 32.2. The van der Waals surface area contributed by atoms with Crippen LogP contribution in [0.15, 0.2) is 53.7 Å². The number of carbonyl (C=O) groups is 1. The van der Waals surface area contributed by atoms with Crippen molar-refractivity contribution in [3.63, 3.8) is 0 Å². The largest absolute Gasteiger partial charge is 0.476 e. The third-order valence-electron chi connectivity index (χ3n) is 2.74. The number of benzene rings is 1. The molecule has 20 heavy (non-hydrogen) atoms. The summed E-state index contributed by atoms with van der Waals surface area (Å²) >= 11 is 1.60. The predicted octanol–water partition coefficient (Wildman–Crippen LogP) is 2.72. The van der Waals surface area contributed by atoms with Crippen LogP contribution < -0.4 is 0 Å². The van der Waals surface area contributed by atoms with Crippen LogP contribution in [0.4, 0.5) is 0 Å². The molecule has 0 unspecified atom stereocenters. The van der Waals surface area contributed by atoms with E-state index >= 15 is 0 Å². The number of hydrogen-bond donors (Lipinski definition) is 1. The van der Waals surface area contributed by atoms with Gasteiger partial charge in [0.25, 0.3) is 0 Å². The van der Waals surface area contributed by atoms with E-state index in [-0.39, 0.29) is 5.69 Å². The number of fused-ring (bicyclic) bond motifs is 1. The predicted molar refractivity (Wildman–Crippen MR) is 75.9 cm³/mol. The zero-order valence-electron chi connectivity index (χ0n) is 10.4. The maximum absolute atomic E-state index is 10.9. The second kappa shape index (κ2) is 5.34. The Kier molecular flexibility index (Phi) is 3.39. The Morgan fingerprint density at radius 2 is 2.00 bits per heavy atom. The summed E-state index contributed by atoms with van der Waals surface area (Å²) in [5, 5.41) is 14.1. The fourth-order valence-electron chi connectivity index (χ4n) is 1.78. The lowest BCUT2D eigenvalue weighted by molar-refractivity contribution is 0.0691. The van der Waals surface area contributed by atoms with Gasteiger partial charge in [-0.25, -0.2) is 14.3 Å². The Bertz CT molecular complexity index is 755. The van der Waals surface area contributed by atoms with Gasteiger partial charge in [-0.15, -0.1) is 0 Å². The number of carboxylic acid groups (broad SMARTS) is 1. The van der Waals surface area contributed by atoms with Crippen LogP contribution in [0.3, 0.4) is 0 Å². The lowest BCUT2D eigenvalue weighted by atomic mass is 10.2. The molecular weight excluding hydrogens is 274 g/mol. The molecule has 3 aromatic rings. The molecule has 2 aromatic heterocycles. The normalized spacial score (nSPS) is 10.8. The molecule has 1 aromatic carbocycles. The van der Waals surface area contributed by atoms with Gasteiger partial charge in [0, 0.05) is 5.75 Å². The van der Waals surface area contributed by atoms with Crippen molar-refractivity contribution >= 4 is 23.4 Å². The molecule has 0 aliphatic heterocycles. The molecule has 0 atom stereocenters. The first-order valence-corrected chi connectivity index (χ1v) is 6.97. The summed E-state index contributed by atoms with van der Waals surface area (Å²) in [4.78, 5) is 14.8. The maximum atomic E-state index is 10.9. The molecule has 0 saturated carbocycles. The van der Waals surface area contributed by atoms with Crippen molar-refractivity contribution < 1.29 is 9.90 Å². The van der Waals surface area contributed by atoms with Crippen molar-refractivity contribution in [1.82, 2.24) is 14.6 Å². The monoisotopic (exact) mass is 285 g/mol. The van der Waals surface area contributed by atoms with E-state index in [0.717, 1.165) is 10.8 Å². The van der Waals surface area contributed by atoms with Crippen molar-refractivity contribution in [1.29, 1.82) is 0 Å². The van der Waals surface area contributed by atoms with Crippen molar-refractivity contribution in [3.8, 4) is 0 Å². The molecule has 0 aliphatic rings. The molecule has 0 radical (unpaired) electrons. The highest BCUT2D eigenvalue weighted by Gasteiger charge is 2.09. The highest BCUT2D eigenvalue weighted by molar-refractivity contribution is 7.98. The van der Waals surface area contributed by atoms with Crippen LogP contribution in [0.25, 0.3) is 5.65 Å². The Labute approximate surface area is 119 Å². The van der Waals surface area contributed by atoms with Gasteiger partial charge in [-0.1, -0.05) is 42.1 Å². The van der Waals surface area contributed by atoms with Crippen molar-refractivity contribution in [2.24, 2.45) is 0 Å². The average molecular weight is 285 g/mol. The second-order valence-electron chi connectivity index (χ2n) is 4.18. The molecule has 3 rings (SSSR count). The quantitative estimate of drug-likeness (QED) is 0.746. The summed E-state index contributed by atoms with van der Waals surface area (Å²) < 4.78 is 1.50. The minimum absolute atomic E-state index is 0.00251. The van der Waals surface area contributed by atoms with Crippen molar-refractivity contribution in [2.45, 2.75) is 10.8 Å². The number of aromatic carboxylic acids is 1. The van der Waals surface area contributed by atoms with Crippen LogP contribution in [-0.2, 0) is 5.75 Å². The van der Waals surface area contributed by atoms with Crippen molar-refractivity contribution in [3.05, 3.63) is 59.9 Å². The van der Waals surface area contributed by atoms with Gasteiger partial charge >= 0.3 is 5.97 Å². The van der Waals surface area contributed by atoms with E-state index < -0.39 is 5.97 Å². The zero-order valence-corrected chi connectivity index (χ0v) is 11.2. The van der Waals surface area contributed by atoms with E-state index in [1.54, 1.807) is 17.8 Å². The molecule has 0 fully saturated rings. The Hall–Kier alpha value is -2.34. The number of aromatic nitrogens is 3. The third kappa shape index (κ3) is 2.65. The first-order valence-electron chi connectivity index (χ1n) is 5.99. The topological polar surface area (TPSA) is 67.5 Å². The summed E-state index contributed by atoms with van der Waals surface area (Å²) in [6, 6.07) is 13.7. The van der Waals surface area contributed by atoms with Gasteiger partial charge in [-0.3, -0.25) is 0 Å². The first-order chi connectivity index (χ1) is 9.72. The van der Waals surface area contributed by atoms with Crippen LogP contribution in [0.2, 0.25) is 0 Å². The van der Waals surface area contributed by atoms with Gasteiger partial charge in [0.2, 0.25) is 0 Å². The molecule has 0 aliphatic carbocycles. The molecule has 0 saturated heterocycles. The lowest BCUT2D eigenvalue weighted by Crippen LogP contribution is -1.95. The Morgan fingerprint density at radius 1 is 1.20 bits per heavy atom. The van der Waals surface area contributed by atoms with E-state index in [1.165, 1.54) is 16.3 Å². The number of thioether (sulfide) groups is 1. The van der Waals surface area contributed by atoms with Gasteiger partial charge in [-0.2, -0.15) is 5.10 Å². The van der Waals surface area contributed by atoms with E-state index in [4.69, 9.17) is 5.11 Å². The summed E-state index contributed by atoms with van der Waals surface area (Å²) in [6.45, 7) is 0. The Morgan fingerprint density at radius 3 is 2.75 bits per heavy atom. The summed E-state index contributed by atoms with van der Waals surface area (Å²) in [5.74, 6) is -0.228. The molecule has 100 valence electrons. The average Bonchev–Trinajstić information content (AvgIpc) is 2.89. The molecule has 6 heteroatoms. The molecule has 1 N–H and O–H groups in total. The molecule has 2 heterocycles. The molecule has 0 amide bonds. The summed E-state index contributed by atoms with van der Waals surface area (Å²) in [5.41, 5.74) is 1.76. The van der Waals surface area contributed by atoms with E-state index in [0.29, 0.717) is 5.65 Å². The Balaban J connectivity index is 1.80.